The Hall–Kier alpha value is -3.33. The first-order valence-corrected chi connectivity index (χ1v) is 9.33. The maximum atomic E-state index is 6.24. The van der Waals surface area contributed by atoms with Crippen LogP contribution in [0.2, 0.25) is 0 Å². The molecule has 0 spiro atoms. The van der Waals surface area contributed by atoms with Crippen molar-refractivity contribution in [2.45, 2.75) is 19.9 Å². The summed E-state index contributed by atoms with van der Waals surface area (Å²) in [6.07, 6.45) is 4.40. The molecule has 0 saturated heterocycles. The molecule has 0 bridgehead atoms. The predicted octanol–water partition coefficient (Wildman–Crippen LogP) is 5.11. The van der Waals surface area contributed by atoms with Crippen molar-refractivity contribution in [2.75, 3.05) is 0 Å². The molecule has 1 unspecified atom stereocenters. The second-order valence-electron chi connectivity index (χ2n) is 7.40. The first-order valence-electron chi connectivity index (χ1n) is 9.33. The molecule has 3 aromatic carbocycles. The van der Waals surface area contributed by atoms with Crippen LogP contribution in [0.3, 0.4) is 0 Å². The highest BCUT2D eigenvalue weighted by molar-refractivity contribution is 5.72. The van der Waals surface area contributed by atoms with Gasteiger partial charge in [-0.2, -0.15) is 4.57 Å². The Balaban J connectivity index is 1.69. The Bertz CT molecular complexity index is 1210. The SMILES string of the molecule is Cc1cccc(C)c1-n1cc[n+]2c1-c1cccc3c1C2c1ccccc1O3. The van der Waals surface area contributed by atoms with Crippen LogP contribution < -0.4 is 9.30 Å². The number of rotatable bonds is 1. The predicted molar refractivity (Wildman–Crippen MR) is 105 cm³/mol. The summed E-state index contributed by atoms with van der Waals surface area (Å²) in [7, 11) is 0. The average Bonchev–Trinajstić information content (AvgIpc) is 3.23. The molecule has 27 heavy (non-hydrogen) atoms. The van der Waals surface area contributed by atoms with Gasteiger partial charge in [0.1, 0.15) is 29.6 Å². The van der Waals surface area contributed by atoms with Crippen molar-refractivity contribution in [3.05, 3.63) is 95.3 Å². The number of hydrogen-bond donors (Lipinski definition) is 0. The molecular weight excluding hydrogens is 332 g/mol. The van der Waals surface area contributed by atoms with Crippen LogP contribution in [0.4, 0.5) is 0 Å². The third-order valence-electron chi connectivity index (χ3n) is 5.82. The highest BCUT2D eigenvalue weighted by atomic mass is 16.5. The van der Waals surface area contributed by atoms with E-state index in [0.717, 1.165) is 11.5 Å². The molecule has 6 rings (SSSR count). The van der Waals surface area contributed by atoms with Crippen molar-refractivity contribution in [1.29, 1.82) is 0 Å². The molecule has 1 atom stereocenters. The lowest BCUT2D eigenvalue weighted by atomic mass is 9.93. The van der Waals surface area contributed by atoms with Crippen LogP contribution in [-0.2, 0) is 0 Å². The van der Waals surface area contributed by atoms with E-state index in [-0.39, 0.29) is 6.04 Å². The van der Waals surface area contributed by atoms with Gasteiger partial charge in [0.25, 0.3) is 5.82 Å². The van der Waals surface area contributed by atoms with E-state index >= 15 is 0 Å². The molecule has 3 nitrogen and oxygen atoms in total. The minimum absolute atomic E-state index is 0.168. The van der Waals surface area contributed by atoms with E-state index in [2.05, 4.69) is 90.0 Å². The van der Waals surface area contributed by atoms with Gasteiger partial charge in [-0.15, -0.1) is 0 Å². The molecule has 0 aliphatic carbocycles. The van der Waals surface area contributed by atoms with E-state index in [1.807, 2.05) is 6.07 Å². The fourth-order valence-electron chi connectivity index (χ4n) is 4.72. The average molecular weight is 351 g/mol. The van der Waals surface area contributed by atoms with Crippen LogP contribution in [0, 0.1) is 13.8 Å². The van der Waals surface area contributed by atoms with Crippen molar-refractivity contribution in [3.8, 4) is 28.6 Å². The number of aryl methyl sites for hydroxylation is 2. The number of ether oxygens (including phenoxy) is 1. The molecule has 2 aliphatic heterocycles. The molecule has 3 heterocycles. The second-order valence-corrected chi connectivity index (χ2v) is 7.40. The molecule has 1 aromatic heterocycles. The van der Waals surface area contributed by atoms with Gasteiger partial charge in [-0.05, 0) is 43.2 Å². The highest BCUT2D eigenvalue weighted by Gasteiger charge is 2.44. The third-order valence-corrected chi connectivity index (χ3v) is 5.82. The van der Waals surface area contributed by atoms with Gasteiger partial charge in [-0.3, -0.25) is 0 Å². The van der Waals surface area contributed by atoms with E-state index in [9.17, 15) is 0 Å². The Morgan fingerprint density at radius 2 is 1.59 bits per heavy atom. The van der Waals surface area contributed by atoms with Gasteiger partial charge in [0.2, 0.25) is 0 Å². The Labute approximate surface area is 158 Å². The summed E-state index contributed by atoms with van der Waals surface area (Å²) in [5.74, 6) is 3.13. The summed E-state index contributed by atoms with van der Waals surface area (Å²) in [5.41, 5.74) is 7.56. The molecule has 0 saturated carbocycles. The minimum Gasteiger partial charge on any atom is -0.456 e. The second kappa shape index (κ2) is 5.10. The molecule has 0 N–H and O–H groups in total. The summed E-state index contributed by atoms with van der Waals surface area (Å²) in [5, 5.41) is 0. The van der Waals surface area contributed by atoms with Gasteiger partial charge in [0.05, 0.1) is 11.1 Å². The van der Waals surface area contributed by atoms with Crippen molar-refractivity contribution < 1.29 is 9.30 Å². The molecule has 3 heteroatoms. The number of benzene rings is 3. The van der Waals surface area contributed by atoms with E-state index in [1.165, 1.54) is 39.3 Å². The van der Waals surface area contributed by atoms with E-state index in [4.69, 9.17) is 4.74 Å². The first-order chi connectivity index (χ1) is 13.2. The normalized spacial score (nSPS) is 15.7. The Kier molecular flexibility index (Phi) is 2.80. The molecule has 130 valence electrons. The van der Waals surface area contributed by atoms with Crippen LogP contribution in [0.25, 0.3) is 17.1 Å². The lowest BCUT2D eigenvalue weighted by Gasteiger charge is -2.23. The minimum atomic E-state index is 0.168. The van der Waals surface area contributed by atoms with Crippen LogP contribution in [0.1, 0.15) is 28.3 Å². The molecule has 2 aliphatic rings. The maximum Gasteiger partial charge on any atom is 0.295 e. The number of para-hydroxylation sites is 2. The molecule has 0 amide bonds. The van der Waals surface area contributed by atoms with E-state index in [0.29, 0.717) is 0 Å². The Morgan fingerprint density at radius 3 is 2.44 bits per heavy atom. The fraction of sp³-hybridized carbons (Fsp3) is 0.125. The largest absolute Gasteiger partial charge is 0.456 e. The van der Waals surface area contributed by atoms with Gasteiger partial charge >= 0.3 is 0 Å². The Morgan fingerprint density at radius 1 is 0.852 bits per heavy atom. The van der Waals surface area contributed by atoms with Crippen molar-refractivity contribution in [1.82, 2.24) is 4.57 Å². The van der Waals surface area contributed by atoms with Crippen LogP contribution in [0.15, 0.2) is 73.1 Å². The number of imidazole rings is 1. The van der Waals surface area contributed by atoms with Crippen molar-refractivity contribution in [3.63, 3.8) is 0 Å². The number of nitrogens with zero attached hydrogens (tertiary/aromatic N) is 2. The standard InChI is InChI=1S/C24H19N2O/c1-15-7-5-8-16(2)22(15)25-13-14-26-23-17-9-3-4-11-19(17)27-20-12-6-10-18(21(20)23)24(25)26/h3-14,23H,1-2H3/q+1. The van der Waals surface area contributed by atoms with E-state index in [1.54, 1.807) is 0 Å². The summed E-state index contributed by atoms with van der Waals surface area (Å²) in [6.45, 7) is 4.36. The number of aromatic nitrogens is 2. The van der Waals surface area contributed by atoms with Crippen LogP contribution in [-0.4, -0.2) is 4.57 Å². The first kappa shape index (κ1) is 14.8. The van der Waals surface area contributed by atoms with Crippen molar-refractivity contribution >= 4 is 0 Å². The van der Waals surface area contributed by atoms with E-state index < -0.39 is 0 Å². The zero-order chi connectivity index (χ0) is 18.1. The van der Waals surface area contributed by atoms with Gasteiger partial charge in [-0.1, -0.05) is 42.5 Å². The van der Waals surface area contributed by atoms with Crippen molar-refractivity contribution in [2.24, 2.45) is 0 Å². The van der Waals surface area contributed by atoms with Crippen LogP contribution >= 0.6 is 0 Å². The molecular formula is C24H19N2O+. The lowest BCUT2D eigenvalue weighted by Crippen LogP contribution is -2.38. The molecule has 0 fully saturated rings. The highest BCUT2D eigenvalue weighted by Crippen LogP contribution is 2.50. The smallest absolute Gasteiger partial charge is 0.295 e. The van der Waals surface area contributed by atoms with Crippen LogP contribution in [0.5, 0.6) is 11.5 Å². The zero-order valence-electron chi connectivity index (χ0n) is 15.3. The number of hydrogen-bond acceptors (Lipinski definition) is 1. The lowest BCUT2D eigenvalue weighted by molar-refractivity contribution is -0.688. The van der Waals surface area contributed by atoms with Gasteiger partial charge < -0.3 is 4.74 Å². The summed E-state index contributed by atoms with van der Waals surface area (Å²) in [6, 6.07) is 21.4. The van der Waals surface area contributed by atoms with Gasteiger partial charge in [0.15, 0.2) is 6.04 Å². The summed E-state index contributed by atoms with van der Waals surface area (Å²) < 4.78 is 11.0. The quantitative estimate of drug-likeness (QED) is 0.377. The summed E-state index contributed by atoms with van der Waals surface area (Å²) >= 11 is 0. The molecule has 4 aromatic rings. The molecule has 0 radical (unpaired) electrons. The monoisotopic (exact) mass is 351 g/mol. The fourth-order valence-corrected chi connectivity index (χ4v) is 4.72. The third kappa shape index (κ3) is 1.83. The van der Waals surface area contributed by atoms with Gasteiger partial charge in [-0.25, -0.2) is 4.57 Å². The zero-order valence-corrected chi connectivity index (χ0v) is 15.3. The van der Waals surface area contributed by atoms with Gasteiger partial charge in [0, 0.05) is 5.56 Å². The summed E-state index contributed by atoms with van der Waals surface area (Å²) in [4.78, 5) is 0. The topological polar surface area (TPSA) is 18.0 Å². The number of fused-ring (bicyclic) bond motifs is 5. The maximum absolute atomic E-state index is 6.24.